The highest BCUT2D eigenvalue weighted by Gasteiger charge is 2.17. The number of benzene rings is 2. The van der Waals surface area contributed by atoms with Crippen molar-refractivity contribution in [1.29, 1.82) is 0 Å². The summed E-state index contributed by atoms with van der Waals surface area (Å²) in [6.45, 7) is 4.99. The highest BCUT2D eigenvalue weighted by Crippen LogP contribution is 2.38. The molecule has 9 heteroatoms. The summed E-state index contributed by atoms with van der Waals surface area (Å²) in [5.74, 6) is 1.24. The minimum atomic E-state index is 0.215. The summed E-state index contributed by atoms with van der Waals surface area (Å²) >= 11 is 7.99. The Morgan fingerprint density at radius 1 is 1.09 bits per heavy atom. The summed E-state index contributed by atoms with van der Waals surface area (Å²) in [6.07, 6.45) is 3.59. The van der Waals surface area contributed by atoms with E-state index in [1.807, 2.05) is 25.1 Å². The first-order valence-electron chi connectivity index (χ1n) is 11.3. The predicted octanol–water partition coefficient (Wildman–Crippen LogP) is 6.66. The third-order valence-electron chi connectivity index (χ3n) is 5.09. The summed E-state index contributed by atoms with van der Waals surface area (Å²) in [7, 11) is 1.62. The summed E-state index contributed by atoms with van der Waals surface area (Å²) in [6, 6.07) is 12.8. The highest BCUT2D eigenvalue weighted by molar-refractivity contribution is 7.15. The van der Waals surface area contributed by atoms with E-state index in [-0.39, 0.29) is 5.75 Å². The molecular formula is C26H27ClN4O3S. The first-order chi connectivity index (χ1) is 17.0. The van der Waals surface area contributed by atoms with E-state index in [0.29, 0.717) is 29.9 Å². The second-order valence-corrected chi connectivity index (χ2v) is 9.46. The van der Waals surface area contributed by atoms with Gasteiger partial charge in [-0.05, 0) is 67.8 Å². The molecule has 0 unspecified atom stereocenters. The number of phenols is 1. The van der Waals surface area contributed by atoms with E-state index >= 15 is 0 Å². The van der Waals surface area contributed by atoms with Crippen LogP contribution in [0.5, 0.6) is 11.5 Å². The predicted molar refractivity (Wildman–Crippen MR) is 141 cm³/mol. The van der Waals surface area contributed by atoms with Crippen LogP contribution in [0.3, 0.4) is 0 Å². The van der Waals surface area contributed by atoms with Gasteiger partial charge in [-0.2, -0.15) is 0 Å². The van der Waals surface area contributed by atoms with E-state index in [9.17, 15) is 5.11 Å². The zero-order valence-electron chi connectivity index (χ0n) is 19.8. The number of anilines is 2. The molecule has 2 aromatic heterocycles. The number of nitrogens with one attached hydrogen (secondary N) is 1. The first kappa shape index (κ1) is 24.9. The fourth-order valence-electron chi connectivity index (χ4n) is 3.56. The van der Waals surface area contributed by atoms with Gasteiger partial charge in [-0.1, -0.05) is 18.5 Å². The van der Waals surface area contributed by atoms with Crippen LogP contribution in [0, 0.1) is 6.92 Å². The van der Waals surface area contributed by atoms with Crippen molar-refractivity contribution in [3.8, 4) is 33.3 Å². The molecule has 0 amide bonds. The van der Waals surface area contributed by atoms with E-state index in [0.717, 1.165) is 50.9 Å². The van der Waals surface area contributed by atoms with Crippen molar-refractivity contribution in [2.24, 2.45) is 0 Å². The summed E-state index contributed by atoms with van der Waals surface area (Å²) in [4.78, 5) is 14.9. The van der Waals surface area contributed by atoms with Gasteiger partial charge in [0.15, 0.2) is 0 Å². The van der Waals surface area contributed by atoms with Crippen molar-refractivity contribution in [2.75, 3.05) is 25.6 Å². The SMILES string of the molecule is CCCc1nc(-c2cc(C)cc(O)c2)c(-c2ccnc(Nc3ccc(OCCOC)c(Cl)c3)n2)s1. The largest absolute Gasteiger partial charge is 0.508 e. The van der Waals surface area contributed by atoms with Gasteiger partial charge in [-0.3, -0.25) is 0 Å². The average Bonchev–Trinajstić information content (AvgIpc) is 3.25. The molecule has 7 nitrogen and oxygen atoms in total. The van der Waals surface area contributed by atoms with Crippen molar-refractivity contribution in [2.45, 2.75) is 26.7 Å². The van der Waals surface area contributed by atoms with Crippen molar-refractivity contribution < 1.29 is 14.6 Å². The molecule has 4 rings (SSSR count). The Morgan fingerprint density at radius 3 is 2.69 bits per heavy atom. The smallest absolute Gasteiger partial charge is 0.227 e. The number of hydrogen-bond donors (Lipinski definition) is 2. The molecule has 0 saturated heterocycles. The van der Waals surface area contributed by atoms with Gasteiger partial charge in [0.25, 0.3) is 0 Å². The molecule has 0 radical (unpaired) electrons. The van der Waals surface area contributed by atoms with Crippen molar-refractivity contribution in [3.63, 3.8) is 0 Å². The van der Waals surface area contributed by atoms with Crippen molar-refractivity contribution in [1.82, 2.24) is 15.0 Å². The molecular weight excluding hydrogens is 484 g/mol. The number of halogens is 1. The first-order valence-corrected chi connectivity index (χ1v) is 12.5. The molecule has 0 fully saturated rings. The van der Waals surface area contributed by atoms with Crippen LogP contribution in [0.4, 0.5) is 11.6 Å². The number of hydrogen-bond acceptors (Lipinski definition) is 8. The third kappa shape index (κ3) is 6.28. The molecule has 4 aromatic rings. The zero-order chi connectivity index (χ0) is 24.8. The van der Waals surface area contributed by atoms with Crippen LogP contribution in [-0.4, -0.2) is 40.4 Å². The Labute approximate surface area is 213 Å². The van der Waals surface area contributed by atoms with Crippen molar-refractivity contribution in [3.05, 3.63) is 64.3 Å². The van der Waals surface area contributed by atoms with Crippen LogP contribution in [-0.2, 0) is 11.2 Å². The van der Waals surface area contributed by atoms with Crippen LogP contribution < -0.4 is 10.1 Å². The monoisotopic (exact) mass is 510 g/mol. The molecule has 2 heterocycles. The van der Waals surface area contributed by atoms with E-state index in [4.69, 9.17) is 31.0 Å². The second-order valence-electron chi connectivity index (χ2n) is 7.97. The minimum absolute atomic E-state index is 0.215. The number of nitrogens with zero attached hydrogens (tertiary/aromatic N) is 3. The third-order valence-corrected chi connectivity index (χ3v) is 6.53. The Hall–Kier alpha value is -3.20. The molecule has 0 spiro atoms. The lowest BCUT2D eigenvalue weighted by Crippen LogP contribution is -2.04. The second kappa shape index (κ2) is 11.5. The standard InChI is InChI=1S/C26H27ClN4O3S/c1-4-5-23-31-24(17-12-16(2)13-19(32)14-17)25(35-23)21-8-9-28-26(30-21)29-18-6-7-22(20(27)15-18)34-11-10-33-3/h6-9,12-15,32H,4-5,10-11H2,1-3H3,(H,28,29,30). The molecule has 35 heavy (non-hydrogen) atoms. The summed E-state index contributed by atoms with van der Waals surface area (Å²) in [5, 5.41) is 14.9. The minimum Gasteiger partial charge on any atom is -0.508 e. The van der Waals surface area contributed by atoms with Crippen LogP contribution in [0.1, 0.15) is 23.9 Å². The maximum Gasteiger partial charge on any atom is 0.227 e. The molecule has 2 aromatic carbocycles. The average molecular weight is 511 g/mol. The summed E-state index contributed by atoms with van der Waals surface area (Å²) in [5.41, 5.74) is 4.13. The van der Waals surface area contributed by atoms with Gasteiger partial charge >= 0.3 is 0 Å². The van der Waals surface area contributed by atoms with Gasteiger partial charge in [-0.25, -0.2) is 15.0 Å². The lowest BCUT2D eigenvalue weighted by atomic mass is 10.1. The zero-order valence-corrected chi connectivity index (χ0v) is 21.4. The number of ether oxygens (including phenoxy) is 2. The fourth-order valence-corrected chi connectivity index (χ4v) is 4.95. The number of thiazole rings is 1. The van der Waals surface area contributed by atoms with Gasteiger partial charge < -0.3 is 19.9 Å². The number of rotatable bonds is 10. The highest BCUT2D eigenvalue weighted by atomic mass is 35.5. The van der Waals surface area contributed by atoms with Gasteiger partial charge in [0.2, 0.25) is 5.95 Å². The lowest BCUT2D eigenvalue weighted by molar-refractivity contribution is 0.146. The van der Waals surface area contributed by atoms with Crippen LogP contribution >= 0.6 is 22.9 Å². The molecule has 0 atom stereocenters. The van der Waals surface area contributed by atoms with Crippen molar-refractivity contribution >= 4 is 34.6 Å². The fraction of sp³-hybridized carbons (Fsp3) is 0.269. The maximum absolute atomic E-state index is 10.2. The quantitative estimate of drug-likeness (QED) is 0.231. The Morgan fingerprint density at radius 2 is 1.94 bits per heavy atom. The van der Waals surface area contributed by atoms with E-state index in [2.05, 4.69) is 17.2 Å². The number of aromatic hydroxyl groups is 1. The maximum atomic E-state index is 10.2. The molecule has 0 bridgehead atoms. The van der Waals surface area contributed by atoms with Gasteiger partial charge in [0.05, 0.1) is 32.9 Å². The molecule has 2 N–H and O–H groups in total. The normalized spacial score (nSPS) is 11.0. The van der Waals surface area contributed by atoms with Gasteiger partial charge in [0.1, 0.15) is 18.1 Å². The number of aromatic nitrogens is 3. The number of methoxy groups -OCH3 is 1. The van der Waals surface area contributed by atoms with Gasteiger partial charge in [0, 0.05) is 24.6 Å². The topological polar surface area (TPSA) is 89.4 Å². The Kier molecular flexibility index (Phi) is 8.17. The number of aryl methyl sites for hydroxylation is 2. The van der Waals surface area contributed by atoms with E-state index in [1.54, 1.807) is 48.9 Å². The number of phenolic OH excluding ortho intramolecular Hbond substituents is 1. The molecule has 0 saturated carbocycles. The Bertz CT molecular complexity index is 1290. The van der Waals surface area contributed by atoms with Crippen LogP contribution in [0.15, 0.2) is 48.7 Å². The van der Waals surface area contributed by atoms with Crippen LogP contribution in [0.2, 0.25) is 5.02 Å². The lowest BCUT2D eigenvalue weighted by Gasteiger charge is -2.10. The van der Waals surface area contributed by atoms with E-state index in [1.165, 1.54) is 0 Å². The molecule has 0 aliphatic carbocycles. The van der Waals surface area contributed by atoms with E-state index < -0.39 is 0 Å². The molecule has 0 aliphatic rings. The molecule has 182 valence electrons. The van der Waals surface area contributed by atoms with Crippen LogP contribution in [0.25, 0.3) is 21.8 Å². The summed E-state index contributed by atoms with van der Waals surface area (Å²) < 4.78 is 10.6. The Balaban J connectivity index is 1.63. The molecule has 0 aliphatic heterocycles. The van der Waals surface area contributed by atoms with Gasteiger partial charge in [-0.15, -0.1) is 11.3 Å².